The van der Waals surface area contributed by atoms with Crippen molar-refractivity contribution in [3.63, 3.8) is 0 Å². The molecule has 1 saturated heterocycles. The average Bonchev–Trinajstić information content (AvgIpc) is 3.51. The molecule has 0 aromatic heterocycles. The SMILES string of the molecule is C[C@H](OC(=O)CCN1C(=O)[C@@H]2[C@H]3C=C[C@@H]([C@@H]4C[C@H]34)[C@@H]2C1=O)C(=O)c1ccccc1. The molecule has 29 heavy (non-hydrogen) atoms. The van der Waals surface area contributed by atoms with E-state index < -0.39 is 12.1 Å². The molecule has 7 atom stereocenters. The van der Waals surface area contributed by atoms with Gasteiger partial charge in [-0.2, -0.15) is 0 Å². The maximum Gasteiger partial charge on any atom is 0.308 e. The van der Waals surface area contributed by atoms with Gasteiger partial charge in [0.05, 0.1) is 18.3 Å². The molecule has 2 bridgehead atoms. The molecular weight excluding hydrogens is 370 g/mol. The van der Waals surface area contributed by atoms with E-state index in [2.05, 4.69) is 12.2 Å². The molecule has 1 aromatic rings. The van der Waals surface area contributed by atoms with E-state index in [0.717, 1.165) is 6.42 Å². The Bertz CT molecular complexity index is 886. The number of allylic oxidation sites excluding steroid dienone is 2. The molecule has 150 valence electrons. The largest absolute Gasteiger partial charge is 0.454 e. The number of carbonyl (C=O) groups excluding carboxylic acids is 4. The lowest BCUT2D eigenvalue weighted by atomic mass is 9.63. The van der Waals surface area contributed by atoms with Crippen LogP contribution in [0.4, 0.5) is 0 Å². The van der Waals surface area contributed by atoms with E-state index >= 15 is 0 Å². The van der Waals surface area contributed by atoms with Crippen molar-refractivity contribution in [3.05, 3.63) is 48.0 Å². The zero-order valence-corrected chi connectivity index (χ0v) is 16.2. The first-order chi connectivity index (χ1) is 14.0. The van der Waals surface area contributed by atoms with E-state index in [0.29, 0.717) is 17.4 Å². The van der Waals surface area contributed by atoms with Gasteiger partial charge in [0, 0.05) is 12.1 Å². The number of imide groups is 1. The van der Waals surface area contributed by atoms with Crippen LogP contribution < -0.4 is 0 Å². The molecule has 3 fully saturated rings. The third kappa shape index (κ3) is 2.84. The summed E-state index contributed by atoms with van der Waals surface area (Å²) in [5, 5.41) is 0. The van der Waals surface area contributed by atoms with Crippen LogP contribution in [0.2, 0.25) is 0 Å². The van der Waals surface area contributed by atoms with Crippen LogP contribution in [-0.4, -0.2) is 41.1 Å². The summed E-state index contributed by atoms with van der Waals surface area (Å²) in [4.78, 5) is 51.6. The van der Waals surface area contributed by atoms with Gasteiger partial charge < -0.3 is 4.74 Å². The van der Waals surface area contributed by atoms with E-state index in [1.807, 2.05) is 0 Å². The number of hydrogen-bond acceptors (Lipinski definition) is 5. The summed E-state index contributed by atoms with van der Waals surface area (Å²) in [5.41, 5.74) is 0.475. The van der Waals surface area contributed by atoms with Crippen molar-refractivity contribution in [3.8, 4) is 0 Å². The second kappa shape index (κ2) is 6.65. The molecular formula is C23H23NO5. The molecule has 2 amide bonds. The summed E-state index contributed by atoms with van der Waals surface area (Å²) in [6.07, 6.45) is 4.36. The van der Waals surface area contributed by atoms with Crippen LogP contribution in [0.5, 0.6) is 0 Å². The Morgan fingerprint density at radius 3 is 2.21 bits per heavy atom. The van der Waals surface area contributed by atoms with Gasteiger partial charge in [-0.25, -0.2) is 0 Å². The van der Waals surface area contributed by atoms with Crippen LogP contribution in [0.15, 0.2) is 42.5 Å². The molecule has 0 unspecified atom stereocenters. The van der Waals surface area contributed by atoms with E-state index in [1.165, 1.54) is 11.8 Å². The lowest BCUT2D eigenvalue weighted by Gasteiger charge is -2.37. The molecule has 6 rings (SSSR count). The average molecular weight is 393 g/mol. The van der Waals surface area contributed by atoms with Gasteiger partial charge in [0.1, 0.15) is 0 Å². The summed E-state index contributed by atoms with van der Waals surface area (Å²) >= 11 is 0. The van der Waals surface area contributed by atoms with Gasteiger partial charge in [-0.15, -0.1) is 0 Å². The van der Waals surface area contributed by atoms with Gasteiger partial charge in [-0.1, -0.05) is 42.5 Å². The molecule has 6 nitrogen and oxygen atoms in total. The van der Waals surface area contributed by atoms with Gasteiger partial charge in [0.25, 0.3) is 0 Å². The lowest BCUT2D eigenvalue weighted by Crippen LogP contribution is -2.40. The number of rotatable bonds is 6. The standard InChI is InChI=1S/C23H23NO5/c1-12(21(26)13-5-3-2-4-6-13)29-18(25)9-10-24-22(27)19-14-7-8-15(17-11-16(14)17)20(19)23(24)28/h2-8,12,14-17,19-20H,9-11H2,1H3/t12-,14-,15-,16-,17+,19-,20+/m0/s1. The highest BCUT2D eigenvalue weighted by Gasteiger charge is 2.66. The van der Waals surface area contributed by atoms with Gasteiger partial charge in [-0.05, 0) is 37.0 Å². The van der Waals surface area contributed by atoms with Crippen LogP contribution in [0.3, 0.4) is 0 Å². The second-order valence-corrected chi connectivity index (χ2v) is 8.60. The molecule has 4 aliphatic carbocycles. The maximum absolute atomic E-state index is 12.9. The number of likely N-dealkylation sites (tertiary alicyclic amines) is 1. The number of nitrogens with zero attached hydrogens (tertiary/aromatic N) is 1. The second-order valence-electron chi connectivity index (χ2n) is 8.60. The minimum Gasteiger partial charge on any atom is -0.454 e. The molecule has 1 aromatic carbocycles. The first kappa shape index (κ1) is 18.3. The highest BCUT2D eigenvalue weighted by molar-refractivity contribution is 6.06. The molecule has 1 heterocycles. The fourth-order valence-electron chi connectivity index (χ4n) is 5.59. The normalized spacial score (nSPS) is 34.6. The predicted molar refractivity (Wildman–Crippen MR) is 102 cm³/mol. The van der Waals surface area contributed by atoms with Crippen LogP contribution in [0.25, 0.3) is 0 Å². The maximum atomic E-state index is 12.9. The summed E-state index contributed by atoms with van der Waals surface area (Å²) in [5.74, 6) is -0.209. The van der Waals surface area contributed by atoms with E-state index in [-0.39, 0.29) is 54.2 Å². The first-order valence-electron chi connectivity index (χ1n) is 10.3. The predicted octanol–water partition coefficient (Wildman–Crippen LogP) is 2.24. The van der Waals surface area contributed by atoms with E-state index in [1.54, 1.807) is 30.3 Å². The Balaban J connectivity index is 1.19. The Morgan fingerprint density at radius 2 is 1.62 bits per heavy atom. The van der Waals surface area contributed by atoms with Gasteiger partial charge in [0.2, 0.25) is 17.6 Å². The fraction of sp³-hybridized carbons (Fsp3) is 0.478. The first-order valence-corrected chi connectivity index (χ1v) is 10.3. The van der Waals surface area contributed by atoms with Crippen molar-refractivity contribution in [2.24, 2.45) is 35.5 Å². The molecule has 5 aliphatic rings. The molecule has 0 radical (unpaired) electrons. The van der Waals surface area contributed by atoms with Gasteiger partial charge in [-0.3, -0.25) is 24.1 Å². The van der Waals surface area contributed by atoms with Crippen LogP contribution in [0, 0.1) is 35.5 Å². The number of hydrogen-bond donors (Lipinski definition) is 0. The smallest absolute Gasteiger partial charge is 0.308 e. The van der Waals surface area contributed by atoms with Crippen molar-refractivity contribution >= 4 is 23.6 Å². The monoisotopic (exact) mass is 393 g/mol. The highest BCUT2D eigenvalue weighted by atomic mass is 16.5. The van der Waals surface area contributed by atoms with E-state index in [4.69, 9.17) is 4.74 Å². The minimum atomic E-state index is -0.912. The Morgan fingerprint density at radius 1 is 1.03 bits per heavy atom. The molecule has 0 N–H and O–H groups in total. The zero-order chi connectivity index (χ0) is 20.3. The van der Waals surface area contributed by atoms with E-state index in [9.17, 15) is 19.2 Å². The Labute approximate surface area is 168 Å². The fourth-order valence-corrected chi connectivity index (χ4v) is 5.59. The van der Waals surface area contributed by atoms with Crippen LogP contribution in [-0.2, 0) is 19.1 Å². The third-order valence-electron chi connectivity index (χ3n) is 7.03. The molecule has 6 heteroatoms. The highest BCUT2D eigenvalue weighted by Crippen LogP contribution is 2.65. The van der Waals surface area contributed by atoms with Crippen LogP contribution >= 0.6 is 0 Å². The van der Waals surface area contributed by atoms with Crippen molar-refractivity contribution in [2.75, 3.05) is 6.54 Å². The quantitative estimate of drug-likeness (QED) is 0.320. The van der Waals surface area contributed by atoms with Gasteiger partial charge >= 0.3 is 5.97 Å². The summed E-state index contributed by atoms with van der Waals surface area (Å²) in [6, 6.07) is 8.64. The minimum absolute atomic E-state index is 0.0184. The number of carbonyl (C=O) groups is 4. The zero-order valence-electron chi connectivity index (χ0n) is 16.2. The lowest BCUT2D eigenvalue weighted by molar-refractivity contribution is -0.148. The number of Topliss-reactive ketones (excluding diaryl/α,β-unsaturated/α-hetero) is 1. The Kier molecular flexibility index (Phi) is 4.19. The van der Waals surface area contributed by atoms with Crippen molar-refractivity contribution in [2.45, 2.75) is 25.9 Å². The summed E-state index contributed by atoms with van der Waals surface area (Å²) < 4.78 is 5.24. The summed E-state index contributed by atoms with van der Waals surface area (Å²) in [7, 11) is 0. The number of benzene rings is 1. The molecule has 0 spiro atoms. The Hall–Kier alpha value is -2.76. The third-order valence-corrected chi connectivity index (χ3v) is 7.03. The van der Waals surface area contributed by atoms with Gasteiger partial charge in [0.15, 0.2) is 6.10 Å². The van der Waals surface area contributed by atoms with Crippen molar-refractivity contribution in [1.82, 2.24) is 4.90 Å². The van der Waals surface area contributed by atoms with Crippen LogP contribution in [0.1, 0.15) is 30.1 Å². The molecule has 2 saturated carbocycles. The number of ketones is 1. The summed E-state index contributed by atoms with van der Waals surface area (Å²) in [6.45, 7) is 1.55. The molecule has 1 aliphatic heterocycles. The number of amides is 2. The number of ether oxygens (including phenoxy) is 1. The topological polar surface area (TPSA) is 80.8 Å². The van der Waals surface area contributed by atoms with Crippen molar-refractivity contribution in [1.29, 1.82) is 0 Å². The number of esters is 1. The van der Waals surface area contributed by atoms with Crippen molar-refractivity contribution < 1.29 is 23.9 Å².